The lowest BCUT2D eigenvalue weighted by Crippen LogP contribution is -2.51. The first-order valence-electron chi connectivity index (χ1n) is 8.36. The fourth-order valence-corrected chi connectivity index (χ4v) is 3.53. The Hall–Kier alpha value is -0.120. The van der Waals surface area contributed by atoms with E-state index in [1.54, 1.807) is 0 Å². The normalized spacial score (nSPS) is 30.9. The second kappa shape index (κ2) is 7.61. The quantitative estimate of drug-likeness (QED) is 0.824. The summed E-state index contributed by atoms with van der Waals surface area (Å²) < 4.78 is 0. The van der Waals surface area contributed by atoms with Crippen LogP contribution in [-0.4, -0.2) is 61.2 Å². The number of piperazine rings is 1. The zero-order valence-electron chi connectivity index (χ0n) is 13.2. The SMILES string of the molecule is CC1CCCCC1NCCN1CCN(C(C)C)CC1. The van der Waals surface area contributed by atoms with E-state index in [1.807, 2.05) is 0 Å². The first kappa shape index (κ1) is 15.3. The van der Waals surface area contributed by atoms with E-state index in [0.717, 1.165) is 12.0 Å². The van der Waals surface area contributed by atoms with Gasteiger partial charge in [-0.2, -0.15) is 0 Å². The van der Waals surface area contributed by atoms with Crippen LogP contribution in [0.25, 0.3) is 0 Å². The summed E-state index contributed by atoms with van der Waals surface area (Å²) in [6.07, 6.45) is 5.68. The Morgan fingerprint density at radius 3 is 2.37 bits per heavy atom. The average molecular weight is 267 g/mol. The van der Waals surface area contributed by atoms with E-state index < -0.39 is 0 Å². The molecule has 3 nitrogen and oxygen atoms in total. The maximum absolute atomic E-state index is 3.80. The van der Waals surface area contributed by atoms with Crippen molar-refractivity contribution in [2.24, 2.45) is 5.92 Å². The largest absolute Gasteiger partial charge is 0.312 e. The van der Waals surface area contributed by atoms with E-state index in [1.165, 1.54) is 65.0 Å². The summed E-state index contributed by atoms with van der Waals surface area (Å²) in [5.41, 5.74) is 0. The van der Waals surface area contributed by atoms with Crippen LogP contribution in [0.5, 0.6) is 0 Å². The molecule has 0 bridgehead atoms. The van der Waals surface area contributed by atoms with Crippen LogP contribution in [-0.2, 0) is 0 Å². The molecule has 0 amide bonds. The van der Waals surface area contributed by atoms with Crippen LogP contribution in [0.4, 0.5) is 0 Å². The Balaban J connectivity index is 1.59. The minimum absolute atomic E-state index is 0.711. The molecular weight excluding hydrogens is 234 g/mol. The molecular formula is C16H33N3. The molecule has 0 aromatic rings. The summed E-state index contributed by atoms with van der Waals surface area (Å²) in [5, 5.41) is 3.80. The van der Waals surface area contributed by atoms with Gasteiger partial charge in [-0.05, 0) is 32.6 Å². The predicted octanol–water partition coefficient (Wildman–Crippen LogP) is 2.18. The van der Waals surface area contributed by atoms with Gasteiger partial charge in [-0.15, -0.1) is 0 Å². The van der Waals surface area contributed by atoms with Gasteiger partial charge < -0.3 is 5.32 Å². The lowest BCUT2D eigenvalue weighted by Gasteiger charge is -2.37. The third-order valence-corrected chi connectivity index (χ3v) is 5.08. The van der Waals surface area contributed by atoms with Gasteiger partial charge in [0.1, 0.15) is 0 Å². The maximum Gasteiger partial charge on any atom is 0.0113 e. The third-order valence-electron chi connectivity index (χ3n) is 5.08. The number of nitrogens with one attached hydrogen (secondary N) is 1. The molecule has 0 aromatic heterocycles. The summed E-state index contributed by atoms with van der Waals surface area (Å²) in [7, 11) is 0. The molecule has 1 saturated heterocycles. The van der Waals surface area contributed by atoms with Crippen molar-refractivity contribution in [2.75, 3.05) is 39.3 Å². The van der Waals surface area contributed by atoms with Gasteiger partial charge in [0.25, 0.3) is 0 Å². The molecule has 1 saturated carbocycles. The van der Waals surface area contributed by atoms with E-state index >= 15 is 0 Å². The molecule has 19 heavy (non-hydrogen) atoms. The first-order chi connectivity index (χ1) is 9.16. The van der Waals surface area contributed by atoms with Crippen LogP contribution in [0.3, 0.4) is 0 Å². The summed E-state index contributed by atoms with van der Waals surface area (Å²) in [6, 6.07) is 1.49. The van der Waals surface area contributed by atoms with E-state index in [0.29, 0.717) is 6.04 Å². The highest BCUT2D eigenvalue weighted by molar-refractivity contribution is 4.79. The lowest BCUT2D eigenvalue weighted by atomic mass is 9.86. The van der Waals surface area contributed by atoms with Crippen molar-refractivity contribution in [2.45, 2.75) is 58.5 Å². The Morgan fingerprint density at radius 2 is 1.74 bits per heavy atom. The van der Waals surface area contributed by atoms with Gasteiger partial charge in [-0.1, -0.05) is 19.8 Å². The lowest BCUT2D eigenvalue weighted by molar-refractivity contribution is 0.107. The van der Waals surface area contributed by atoms with Gasteiger partial charge in [0.15, 0.2) is 0 Å². The number of hydrogen-bond donors (Lipinski definition) is 1. The molecule has 3 heteroatoms. The van der Waals surface area contributed by atoms with Crippen molar-refractivity contribution in [3.05, 3.63) is 0 Å². The number of hydrogen-bond acceptors (Lipinski definition) is 3. The smallest absolute Gasteiger partial charge is 0.0113 e. The van der Waals surface area contributed by atoms with Crippen molar-refractivity contribution in [1.29, 1.82) is 0 Å². The van der Waals surface area contributed by atoms with Crippen molar-refractivity contribution in [3.8, 4) is 0 Å². The maximum atomic E-state index is 3.80. The second-order valence-electron chi connectivity index (χ2n) is 6.79. The van der Waals surface area contributed by atoms with Crippen LogP contribution >= 0.6 is 0 Å². The Labute approximate surface area is 119 Å². The molecule has 1 N–H and O–H groups in total. The molecule has 2 rings (SSSR count). The van der Waals surface area contributed by atoms with Gasteiger partial charge in [-0.3, -0.25) is 9.80 Å². The highest BCUT2D eigenvalue weighted by Crippen LogP contribution is 2.23. The molecule has 1 aliphatic heterocycles. The third kappa shape index (κ3) is 4.73. The van der Waals surface area contributed by atoms with Gasteiger partial charge in [0.2, 0.25) is 0 Å². The Morgan fingerprint density at radius 1 is 1.05 bits per heavy atom. The Kier molecular flexibility index (Phi) is 6.11. The van der Waals surface area contributed by atoms with Crippen LogP contribution in [0.2, 0.25) is 0 Å². The average Bonchev–Trinajstić information content (AvgIpc) is 2.41. The minimum atomic E-state index is 0.711. The molecule has 0 aromatic carbocycles. The predicted molar refractivity (Wildman–Crippen MR) is 82.6 cm³/mol. The zero-order valence-corrected chi connectivity index (χ0v) is 13.2. The van der Waals surface area contributed by atoms with E-state index in [9.17, 15) is 0 Å². The second-order valence-corrected chi connectivity index (χ2v) is 6.79. The van der Waals surface area contributed by atoms with Crippen LogP contribution in [0.1, 0.15) is 46.5 Å². The van der Waals surface area contributed by atoms with Crippen molar-refractivity contribution < 1.29 is 0 Å². The summed E-state index contributed by atoms with van der Waals surface area (Å²) in [4.78, 5) is 5.21. The molecule has 0 spiro atoms. The van der Waals surface area contributed by atoms with Gasteiger partial charge in [0, 0.05) is 51.4 Å². The standard InChI is InChI=1S/C16H33N3/c1-14(2)19-12-10-18(11-13-19)9-8-17-16-7-5-4-6-15(16)3/h14-17H,4-13H2,1-3H3. The van der Waals surface area contributed by atoms with Gasteiger partial charge >= 0.3 is 0 Å². The topological polar surface area (TPSA) is 18.5 Å². The molecule has 112 valence electrons. The molecule has 2 unspecified atom stereocenters. The van der Waals surface area contributed by atoms with Crippen LogP contribution in [0, 0.1) is 5.92 Å². The highest BCUT2D eigenvalue weighted by atomic mass is 15.3. The molecule has 2 aliphatic rings. The van der Waals surface area contributed by atoms with Crippen LogP contribution in [0.15, 0.2) is 0 Å². The molecule has 1 heterocycles. The zero-order chi connectivity index (χ0) is 13.7. The van der Waals surface area contributed by atoms with Crippen molar-refractivity contribution in [1.82, 2.24) is 15.1 Å². The van der Waals surface area contributed by atoms with Gasteiger partial charge in [0.05, 0.1) is 0 Å². The number of nitrogens with zero attached hydrogens (tertiary/aromatic N) is 2. The number of rotatable bonds is 5. The summed E-state index contributed by atoms with van der Waals surface area (Å²) in [5.74, 6) is 0.881. The fourth-order valence-electron chi connectivity index (χ4n) is 3.53. The molecule has 2 atom stereocenters. The molecule has 0 radical (unpaired) electrons. The van der Waals surface area contributed by atoms with E-state index in [-0.39, 0.29) is 0 Å². The monoisotopic (exact) mass is 267 g/mol. The highest BCUT2D eigenvalue weighted by Gasteiger charge is 2.21. The van der Waals surface area contributed by atoms with Crippen molar-refractivity contribution in [3.63, 3.8) is 0 Å². The van der Waals surface area contributed by atoms with Crippen LogP contribution < -0.4 is 5.32 Å². The van der Waals surface area contributed by atoms with E-state index in [4.69, 9.17) is 0 Å². The minimum Gasteiger partial charge on any atom is -0.312 e. The molecule has 1 aliphatic carbocycles. The van der Waals surface area contributed by atoms with Crippen molar-refractivity contribution >= 4 is 0 Å². The first-order valence-corrected chi connectivity index (χ1v) is 8.36. The Bertz CT molecular complexity index is 246. The summed E-state index contributed by atoms with van der Waals surface area (Å²) >= 11 is 0. The van der Waals surface area contributed by atoms with Gasteiger partial charge in [-0.25, -0.2) is 0 Å². The van der Waals surface area contributed by atoms with E-state index in [2.05, 4.69) is 35.9 Å². The summed E-state index contributed by atoms with van der Waals surface area (Å²) in [6.45, 7) is 14.4. The molecule has 2 fully saturated rings. The fraction of sp³-hybridized carbons (Fsp3) is 1.00.